The van der Waals surface area contributed by atoms with Gasteiger partial charge in [-0.2, -0.15) is 0 Å². The van der Waals surface area contributed by atoms with Crippen molar-refractivity contribution < 1.29 is 28.6 Å². The number of amides is 1. The van der Waals surface area contributed by atoms with Crippen molar-refractivity contribution in [1.82, 2.24) is 4.90 Å². The zero-order valence-electron chi connectivity index (χ0n) is 15.0. The van der Waals surface area contributed by atoms with Crippen LogP contribution in [0.1, 0.15) is 43.1 Å². The van der Waals surface area contributed by atoms with E-state index in [2.05, 4.69) is 0 Å². The Bertz CT molecular complexity index is 768. The van der Waals surface area contributed by atoms with Gasteiger partial charge in [-0.15, -0.1) is 0 Å². The zero-order chi connectivity index (χ0) is 19.1. The summed E-state index contributed by atoms with van der Waals surface area (Å²) in [7, 11) is 0. The quantitative estimate of drug-likeness (QED) is 0.872. The van der Waals surface area contributed by atoms with Crippen LogP contribution in [0.3, 0.4) is 0 Å². The Labute approximate surface area is 151 Å². The van der Waals surface area contributed by atoms with Gasteiger partial charge in [-0.1, -0.05) is 12.1 Å². The Morgan fingerprint density at radius 1 is 1.31 bits per heavy atom. The van der Waals surface area contributed by atoms with Gasteiger partial charge in [0.1, 0.15) is 11.4 Å². The summed E-state index contributed by atoms with van der Waals surface area (Å²) in [5.74, 6) is -2.07. The smallest absolute Gasteiger partial charge is 0.411 e. The predicted octanol–water partition coefficient (Wildman–Crippen LogP) is 3.32. The van der Waals surface area contributed by atoms with Gasteiger partial charge >= 0.3 is 12.1 Å². The van der Waals surface area contributed by atoms with Crippen molar-refractivity contribution in [2.75, 3.05) is 13.2 Å². The number of carboxylic acid groups (broad SMARTS) is 1. The Morgan fingerprint density at radius 2 is 2.04 bits per heavy atom. The molecule has 1 fully saturated rings. The predicted molar refractivity (Wildman–Crippen MR) is 92.4 cm³/mol. The van der Waals surface area contributed by atoms with E-state index >= 15 is 0 Å². The van der Waals surface area contributed by atoms with Crippen LogP contribution >= 0.6 is 0 Å². The lowest BCUT2D eigenvalue weighted by Gasteiger charge is -2.44. The fraction of sp³-hybridized carbons (Fsp3) is 0.474. The van der Waals surface area contributed by atoms with Gasteiger partial charge in [0.15, 0.2) is 0 Å². The molecule has 0 aliphatic carbocycles. The molecule has 6 nitrogen and oxygen atoms in total. The average molecular weight is 363 g/mol. The number of halogens is 1. The molecular weight excluding hydrogens is 341 g/mol. The summed E-state index contributed by atoms with van der Waals surface area (Å²) in [5, 5.41) is 9.12. The molecule has 0 saturated carbocycles. The number of rotatable bonds is 2. The number of aromatic carboxylic acids is 1. The minimum absolute atomic E-state index is 0.207. The Hall–Kier alpha value is -2.41. The number of carbonyl (C=O) groups is 2. The van der Waals surface area contributed by atoms with Crippen LogP contribution in [0, 0.1) is 5.82 Å². The van der Waals surface area contributed by atoms with Crippen LogP contribution in [0.4, 0.5) is 9.18 Å². The topological polar surface area (TPSA) is 76.1 Å². The zero-order valence-corrected chi connectivity index (χ0v) is 15.0. The van der Waals surface area contributed by atoms with E-state index in [4.69, 9.17) is 14.6 Å². The maximum absolute atomic E-state index is 13.7. The highest BCUT2D eigenvalue weighted by Gasteiger charge is 2.40. The second-order valence-corrected chi connectivity index (χ2v) is 7.54. The molecule has 7 heteroatoms. The maximum Gasteiger partial charge on any atom is 0.411 e. The third-order valence-electron chi connectivity index (χ3n) is 4.37. The van der Waals surface area contributed by atoms with Crippen molar-refractivity contribution >= 4 is 17.6 Å². The number of ether oxygens (including phenoxy) is 2. The van der Waals surface area contributed by atoms with Crippen molar-refractivity contribution in [3.05, 3.63) is 41.2 Å². The monoisotopic (exact) mass is 363 g/mol. The Balaban J connectivity index is 1.90. The normalized spacial score (nSPS) is 22.6. The Kier molecular flexibility index (Phi) is 4.75. The van der Waals surface area contributed by atoms with E-state index in [1.165, 1.54) is 6.07 Å². The lowest BCUT2D eigenvalue weighted by Crippen LogP contribution is -2.57. The van der Waals surface area contributed by atoms with Gasteiger partial charge in [0.25, 0.3) is 0 Å². The summed E-state index contributed by atoms with van der Waals surface area (Å²) in [5.41, 5.74) is 0.568. The molecule has 2 bridgehead atoms. The summed E-state index contributed by atoms with van der Waals surface area (Å²) in [6.07, 6.45) is 1.97. The van der Waals surface area contributed by atoms with Crippen LogP contribution in [0.25, 0.3) is 5.57 Å². The van der Waals surface area contributed by atoms with E-state index in [-0.39, 0.29) is 17.6 Å². The van der Waals surface area contributed by atoms with Crippen LogP contribution in [-0.4, -0.2) is 53.0 Å². The first-order valence-electron chi connectivity index (χ1n) is 8.48. The fourth-order valence-electron chi connectivity index (χ4n) is 3.30. The summed E-state index contributed by atoms with van der Waals surface area (Å²) in [4.78, 5) is 25.4. The molecule has 140 valence electrons. The molecule has 2 aliphatic heterocycles. The number of morpholine rings is 1. The number of nitrogens with zero attached hydrogens (tertiary/aromatic N) is 1. The Morgan fingerprint density at radius 3 is 2.65 bits per heavy atom. The minimum Gasteiger partial charge on any atom is -0.478 e. The molecule has 0 spiro atoms. The molecular formula is C19H22FNO5. The van der Waals surface area contributed by atoms with Crippen LogP contribution in [-0.2, 0) is 9.47 Å². The van der Waals surface area contributed by atoms with Crippen LogP contribution in [0.5, 0.6) is 0 Å². The molecule has 2 heterocycles. The van der Waals surface area contributed by atoms with Crippen LogP contribution in [0.2, 0.25) is 0 Å². The molecule has 26 heavy (non-hydrogen) atoms. The fourth-order valence-corrected chi connectivity index (χ4v) is 3.30. The van der Waals surface area contributed by atoms with Gasteiger partial charge in [-0.25, -0.2) is 14.0 Å². The van der Waals surface area contributed by atoms with Gasteiger partial charge in [0.2, 0.25) is 0 Å². The maximum atomic E-state index is 13.7. The summed E-state index contributed by atoms with van der Waals surface area (Å²) < 4.78 is 24.7. The lowest BCUT2D eigenvalue weighted by atomic mass is 9.89. The van der Waals surface area contributed by atoms with Crippen molar-refractivity contribution in [2.45, 2.75) is 44.9 Å². The van der Waals surface area contributed by atoms with Crippen molar-refractivity contribution in [3.63, 3.8) is 0 Å². The van der Waals surface area contributed by atoms with Crippen molar-refractivity contribution in [1.29, 1.82) is 0 Å². The van der Waals surface area contributed by atoms with Gasteiger partial charge < -0.3 is 14.6 Å². The molecule has 1 aromatic carbocycles. The van der Waals surface area contributed by atoms with Gasteiger partial charge in [0.05, 0.1) is 30.9 Å². The highest BCUT2D eigenvalue weighted by atomic mass is 19.1. The third kappa shape index (κ3) is 3.72. The molecule has 1 aromatic rings. The molecule has 2 unspecified atom stereocenters. The van der Waals surface area contributed by atoms with Crippen molar-refractivity contribution in [3.8, 4) is 0 Å². The second-order valence-electron chi connectivity index (χ2n) is 7.54. The number of hydrogen-bond donors (Lipinski definition) is 1. The largest absolute Gasteiger partial charge is 0.478 e. The second kappa shape index (κ2) is 6.72. The van der Waals surface area contributed by atoms with Gasteiger partial charge in [-0.3, -0.25) is 4.90 Å². The number of benzene rings is 1. The summed E-state index contributed by atoms with van der Waals surface area (Å²) >= 11 is 0. The minimum atomic E-state index is -1.31. The van der Waals surface area contributed by atoms with E-state index < -0.39 is 23.5 Å². The van der Waals surface area contributed by atoms with E-state index in [1.807, 2.05) is 26.8 Å². The molecule has 3 rings (SSSR count). The highest BCUT2D eigenvalue weighted by molar-refractivity contribution is 5.89. The molecule has 2 atom stereocenters. The summed E-state index contributed by atoms with van der Waals surface area (Å²) in [6, 6.07) is 3.55. The summed E-state index contributed by atoms with van der Waals surface area (Å²) in [6.45, 7) is 6.16. The van der Waals surface area contributed by atoms with Crippen LogP contribution < -0.4 is 0 Å². The lowest BCUT2D eigenvalue weighted by molar-refractivity contribution is -0.0510. The standard InChI is InChI=1S/C19H22FNO5/c1-19(2,3)26-18(24)21-13-6-12(7-14(21)10-25-9-13)11-4-5-16(20)15(8-11)17(22)23/h4-6,8,13-14H,7,9-10H2,1-3H3,(H,22,23). The molecule has 1 saturated heterocycles. The molecule has 0 aromatic heterocycles. The molecule has 2 aliphatic rings. The first-order valence-corrected chi connectivity index (χ1v) is 8.48. The van der Waals surface area contributed by atoms with Gasteiger partial charge in [0, 0.05) is 0 Å². The first kappa shape index (κ1) is 18.4. The van der Waals surface area contributed by atoms with E-state index in [0.717, 1.165) is 11.6 Å². The van der Waals surface area contributed by atoms with Gasteiger partial charge in [-0.05, 0) is 50.5 Å². The highest BCUT2D eigenvalue weighted by Crippen LogP contribution is 2.34. The third-order valence-corrected chi connectivity index (χ3v) is 4.37. The number of carboxylic acids is 1. The number of fused-ring (bicyclic) bond motifs is 2. The number of hydrogen-bond acceptors (Lipinski definition) is 4. The van der Waals surface area contributed by atoms with Crippen molar-refractivity contribution in [2.24, 2.45) is 0 Å². The van der Waals surface area contributed by atoms with E-state index in [9.17, 15) is 14.0 Å². The average Bonchev–Trinajstić information content (AvgIpc) is 2.52. The van der Waals surface area contributed by atoms with Crippen LogP contribution in [0.15, 0.2) is 24.3 Å². The van der Waals surface area contributed by atoms with E-state index in [0.29, 0.717) is 25.2 Å². The SMILES string of the molecule is CC(C)(C)OC(=O)N1C2C=C(c3ccc(F)c(C(=O)O)c3)CC1COC2. The molecule has 0 radical (unpaired) electrons. The molecule has 1 amide bonds. The molecule has 1 N–H and O–H groups in total. The first-order chi connectivity index (χ1) is 12.2. The number of carbonyl (C=O) groups excluding carboxylic acids is 1. The van der Waals surface area contributed by atoms with E-state index in [1.54, 1.807) is 11.0 Å².